The Bertz CT molecular complexity index is 1020. The van der Waals surface area contributed by atoms with E-state index < -0.39 is 0 Å². The molecular formula is C22H25Cl2N3O3S. The second-order valence-electron chi connectivity index (χ2n) is 7.07. The van der Waals surface area contributed by atoms with E-state index >= 15 is 0 Å². The standard InChI is InChI=1S/C22H24ClN3O3S.ClH/c1-28-16-7-8-19-20(15-16)30-22(24-19)26(10-4-9-25-11-13-29-14-12-25)21(27)17-5-2-3-6-18(17)23;/h2-3,5-8,15H,4,9-14H2,1H3;1H. The summed E-state index contributed by atoms with van der Waals surface area (Å²) in [6.07, 6.45) is 0.843. The Labute approximate surface area is 197 Å². The molecule has 1 aliphatic heterocycles. The molecule has 0 radical (unpaired) electrons. The van der Waals surface area contributed by atoms with Crippen LogP contribution in [-0.2, 0) is 4.74 Å². The van der Waals surface area contributed by atoms with Gasteiger partial charge in [0.25, 0.3) is 5.91 Å². The van der Waals surface area contributed by atoms with Gasteiger partial charge in [-0.3, -0.25) is 14.6 Å². The van der Waals surface area contributed by atoms with E-state index in [1.165, 1.54) is 11.3 Å². The van der Waals surface area contributed by atoms with Crippen molar-refractivity contribution in [1.29, 1.82) is 0 Å². The maximum atomic E-state index is 13.4. The highest BCUT2D eigenvalue weighted by Gasteiger charge is 2.23. The van der Waals surface area contributed by atoms with Crippen molar-refractivity contribution in [2.45, 2.75) is 6.42 Å². The van der Waals surface area contributed by atoms with Crippen molar-refractivity contribution in [3.63, 3.8) is 0 Å². The summed E-state index contributed by atoms with van der Waals surface area (Å²) in [6.45, 7) is 4.87. The van der Waals surface area contributed by atoms with Gasteiger partial charge in [-0.25, -0.2) is 4.98 Å². The number of nitrogens with zero attached hydrogens (tertiary/aromatic N) is 3. The number of aromatic nitrogens is 1. The van der Waals surface area contributed by atoms with E-state index in [2.05, 4.69) is 4.90 Å². The lowest BCUT2D eigenvalue weighted by molar-refractivity contribution is 0.0376. The summed E-state index contributed by atoms with van der Waals surface area (Å²) < 4.78 is 11.7. The fourth-order valence-corrected chi connectivity index (χ4v) is 4.71. The van der Waals surface area contributed by atoms with Crippen LogP contribution in [0.5, 0.6) is 5.75 Å². The SMILES string of the molecule is COc1ccc2nc(N(CCCN3CCOCC3)C(=O)c3ccccc3Cl)sc2c1.Cl. The molecule has 1 amide bonds. The number of anilines is 1. The lowest BCUT2D eigenvalue weighted by Crippen LogP contribution is -2.39. The molecule has 9 heteroatoms. The first kappa shape index (κ1) is 23.8. The molecule has 2 aromatic carbocycles. The van der Waals surface area contributed by atoms with Gasteiger partial charge >= 0.3 is 0 Å². The van der Waals surface area contributed by atoms with Crippen LogP contribution in [0.1, 0.15) is 16.8 Å². The molecule has 6 nitrogen and oxygen atoms in total. The largest absolute Gasteiger partial charge is 0.497 e. The number of thiazole rings is 1. The molecule has 1 aromatic heterocycles. The van der Waals surface area contributed by atoms with E-state index in [1.807, 2.05) is 30.3 Å². The molecule has 0 unspecified atom stereocenters. The number of halogens is 2. The Kier molecular flexibility index (Phi) is 8.51. The molecule has 31 heavy (non-hydrogen) atoms. The molecular weight excluding hydrogens is 457 g/mol. The minimum absolute atomic E-state index is 0. The third kappa shape index (κ3) is 5.67. The van der Waals surface area contributed by atoms with Crippen molar-refractivity contribution in [2.24, 2.45) is 0 Å². The van der Waals surface area contributed by atoms with Crippen LogP contribution in [0, 0.1) is 0 Å². The van der Waals surface area contributed by atoms with Crippen molar-refractivity contribution in [3.05, 3.63) is 53.1 Å². The van der Waals surface area contributed by atoms with Gasteiger partial charge in [0, 0.05) is 26.2 Å². The Balaban J connectivity index is 0.00000272. The lowest BCUT2D eigenvalue weighted by Gasteiger charge is -2.27. The lowest BCUT2D eigenvalue weighted by atomic mass is 10.2. The van der Waals surface area contributed by atoms with E-state index in [0.29, 0.717) is 22.3 Å². The molecule has 0 saturated carbocycles. The van der Waals surface area contributed by atoms with Crippen LogP contribution in [0.25, 0.3) is 10.2 Å². The molecule has 0 N–H and O–H groups in total. The van der Waals surface area contributed by atoms with Gasteiger partial charge in [0.05, 0.1) is 41.1 Å². The number of carbonyl (C=O) groups is 1. The number of benzene rings is 2. The van der Waals surface area contributed by atoms with Gasteiger partial charge < -0.3 is 9.47 Å². The molecule has 0 spiro atoms. The number of ether oxygens (including phenoxy) is 2. The number of morpholine rings is 1. The van der Waals surface area contributed by atoms with Crippen LogP contribution in [0.4, 0.5) is 5.13 Å². The maximum Gasteiger partial charge on any atom is 0.261 e. The molecule has 0 bridgehead atoms. The summed E-state index contributed by atoms with van der Waals surface area (Å²) in [5.74, 6) is 0.641. The van der Waals surface area contributed by atoms with Gasteiger partial charge in [-0.1, -0.05) is 35.1 Å². The third-order valence-electron chi connectivity index (χ3n) is 5.12. The molecule has 2 heterocycles. The number of amides is 1. The fourth-order valence-electron chi connectivity index (χ4n) is 3.48. The number of hydrogen-bond donors (Lipinski definition) is 0. The van der Waals surface area contributed by atoms with Crippen molar-refractivity contribution in [2.75, 3.05) is 51.4 Å². The summed E-state index contributed by atoms with van der Waals surface area (Å²) in [5, 5.41) is 1.12. The first-order valence-corrected chi connectivity index (χ1v) is 11.2. The predicted molar refractivity (Wildman–Crippen MR) is 128 cm³/mol. The average Bonchev–Trinajstić information content (AvgIpc) is 3.20. The highest BCUT2D eigenvalue weighted by atomic mass is 35.5. The first-order valence-electron chi connectivity index (χ1n) is 9.97. The molecule has 166 valence electrons. The van der Waals surface area contributed by atoms with Gasteiger partial charge in [-0.15, -0.1) is 12.4 Å². The number of rotatable bonds is 7. The Morgan fingerprint density at radius 3 is 2.77 bits per heavy atom. The summed E-state index contributed by atoms with van der Waals surface area (Å²) in [6, 6.07) is 12.9. The average molecular weight is 482 g/mol. The van der Waals surface area contributed by atoms with Gasteiger partial charge in [0.1, 0.15) is 5.75 Å². The molecule has 0 atom stereocenters. The van der Waals surface area contributed by atoms with Crippen LogP contribution in [0.15, 0.2) is 42.5 Å². The Morgan fingerprint density at radius 2 is 2.03 bits per heavy atom. The molecule has 1 aliphatic rings. The fraction of sp³-hybridized carbons (Fsp3) is 0.364. The second kappa shape index (κ2) is 11.1. The second-order valence-corrected chi connectivity index (χ2v) is 8.49. The minimum atomic E-state index is -0.131. The zero-order valence-electron chi connectivity index (χ0n) is 17.3. The van der Waals surface area contributed by atoms with Crippen molar-refractivity contribution >= 4 is 56.6 Å². The summed E-state index contributed by atoms with van der Waals surface area (Å²) in [5.41, 5.74) is 1.34. The predicted octanol–water partition coefficient (Wildman–Crippen LogP) is 4.75. The van der Waals surface area contributed by atoms with Crippen LogP contribution >= 0.6 is 35.3 Å². The molecule has 4 rings (SSSR count). The highest BCUT2D eigenvalue weighted by Crippen LogP contribution is 2.33. The van der Waals surface area contributed by atoms with E-state index in [4.69, 9.17) is 26.1 Å². The van der Waals surface area contributed by atoms with E-state index in [0.717, 1.165) is 55.2 Å². The quantitative estimate of drug-likeness (QED) is 0.487. The van der Waals surface area contributed by atoms with Gasteiger partial charge in [-0.2, -0.15) is 0 Å². The van der Waals surface area contributed by atoms with E-state index in [-0.39, 0.29) is 18.3 Å². The minimum Gasteiger partial charge on any atom is -0.497 e. The monoisotopic (exact) mass is 481 g/mol. The third-order valence-corrected chi connectivity index (χ3v) is 6.50. The topological polar surface area (TPSA) is 54.9 Å². The number of methoxy groups -OCH3 is 1. The molecule has 1 saturated heterocycles. The zero-order valence-corrected chi connectivity index (χ0v) is 19.6. The summed E-state index contributed by atoms with van der Waals surface area (Å²) in [7, 11) is 1.64. The zero-order chi connectivity index (χ0) is 20.9. The molecule has 1 fully saturated rings. The van der Waals surface area contributed by atoms with Crippen LogP contribution < -0.4 is 9.64 Å². The van der Waals surface area contributed by atoms with Crippen LogP contribution in [-0.4, -0.2) is 62.3 Å². The summed E-state index contributed by atoms with van der Waals surface area (Å²) in [4.78, 5) is 22.2. The smallest absolute Gasteiger partial charge is 0.261 e. The van der Waals surface area contributed by atoms with E-state index in [1.54, 1.807) is 24.1 Å². The van der Waals surface area contributed by atoms with Gasteiger partial charge in [0.2, 0.25) is 0 Å². The normalized spacial score (nSPS) is 14.3. The van der Waals surface area contributed by atoms with Gasteiger partial charge in [0.15, 0.2) is 5.13 Å². The van der Waals surface area contributed by atoms with E-state index in [9.17, 15) is 4.79 Å². The number of hydrogen-bond acceptors (Lipinski definition) is 6. The maximum absolute atomic E-state index is 13.4. The van der Waals surface area contributed by atoms with Crippen molar-refractivity contribution in [1.82, 2.24) is 9.88 Å². The van der Waals surface area contributed by atoms with Gasteiger partial charge in [-0.05, 0) is 36.8 Å². The Hall–Kier alpha value is -1.90. The first-order chi connectivity index (χ1) is 14.7. The molecule has 3 aromatic rings. The van der Waals surface area contributed by atoms with Crippen LogP contribution in [0.3, 0.4) is 0 Å². The summed E-state index contributed by atoms with van der Waals surface area (Å²) >= 11 is 7.81. The van der Waals surface area contributed by atoms with Crippen molar-refractivity contribution in [3.8, 4) is 5.75 Å². The Morgan fingerprint density at radius 1 is 1.26 bits per heavy atom. The number of fused-ring (bicyclic) bond motifs is 1. The highest BCUT2D eigenvalue weighted by molar-refractivity contribution is 7.22. The number of carbonyl (C=O) groups excluding carboxylic acids is 1. The van der Waals surface area contributed by atoms with Crippen molar-refractivity contribution < 1.29 is 14.3 Å². The molecule has 0 aliphatic carbocycles. The van der Waals surface area contributed by atoms with Crippen LogP contribution in [0.2, 0.25) is 5.02 Å².